The standard InChI is InChI=1S/C22H23N5O3/c1-15-6-9-23-19(12-15)25-22(30)16-7-10-26(11-8-16)21(29)14-27-18-5-3-2-4-17(18)24-13-20(27)28/h2-6,9,12-13,16H,7-8,10-11,14H2,1H3,(H,23,25,30). The number of aromatic nitrogens is 3. The van der Waals surface area contributed by atoms with Crippen LogP contribution in [-0.4, -0.2) is 44.3 Å². The quantitative estimate of drug-likeness (QED) is 0.716. The van der Waals surface area contributed by atoms with E-state index in [2.05, 4.69) is 15.3 Å². The molecule has 8 heteroatoms. The highest BCUT2D eigenvalue weighted by Crippen LogP contribution is 2.20. The molecule has 0 radical (unpaired) electrons. The van der Waals surface area contributed by atoms with E-state index in [1.165, 1.54) is 10.8 Å². The number of piperidine rings is 1. The minimum absolute atomic E-state index is 0.0358. The first kappa shape index (κ1) is 19.8. The van der Waals surface area contributed by atoms with Crippen molar-refractivity contribution in [2.45, 2.75) is 26.3 Å². The number of para-hydroxylation sites is 2. The van der Waals surface area contributed by atoms with Crippen LogP contribution in [0.25, 0.3) is 11.0 Å². The largest absolute Gasteiger partial charge is 0.341 e. The van der Waals surface area contributed by atoms with Crippen LogP contribution in [0.15, 0.2) is 53.6 Å². The van der Waals surface area contributed by atoms with Crippen LogP contribution < -0.4 is 10.9 Å². The first-order valence-corrected chi connectivity index (χ1v) is 9.97. The molecule has 1 saturated heterocycles. The van der Waals surface area contributed by atoms with Crippen LogP contribution in [0.3, 0.4) is 0 Å². The summed E-state index contributed by atoms with van der Waals surface area (Å²) in [5.74, 6) is 0.174. The lowest BCUT2D eigenvalue weighted by atomic mass is 9.96. The second-order valence-electron chi connectivity index (χ2n) is 7.53. The van der Waals surface area contributed by atoms with Gasteiger partial charge in [-0.1, -0.05) is 12.1 Å². The number of pyridine rings is 1. The van der Waals surface area contributed by atoms with Gasteiger partial charge in [0.1, 0.15) is 12.4 Å². The van der Waals surface area contributed by atoms with Gasteiger partial charge in [-0.3, -0.25) is 19.0 Å². The molecule has 3 aromatic rings. The zero-order chi connectivity index (χ0) is 21.1. The van der Waals surface area contributed by atoms with Gasteiger partial charge in [0.25, 0.3) is 5.56 Å². The van der Waals surface area contributed by atoms with Gasteiger partial charge in [-0.25, -0.2) is 9.97 Å². The summed E-state index contributed by atoms with van der Waals surface area (Å²) in [6, 6.07) is 11.0. The van der Waals surface area contributed by atoms with Crippen molar-refractivity contribution in [3.8, 4) is 0 Å². The average molecular weight is 405 g/mol. The molecule has 0 spiro atoms. The molecule has 8 nitrogen and oxygen atoms in total. The van der Waals surface area contributed by atoms with Crippen LogP contribution in [0.1, 0.15) is 18.4 Å². The van der Waals surface area contributed by atoms with E-state index in [9.17, 15) is 14.4 Å². The number of fused-ring (bicyclic) bond motifs is 1. The fraction of sp³-hybridized carbons (Fsp3) is 0.318. The number of rotatable bonds is 4. The minimum atomic E-state index is -0.304. The van der Waals surface area contributed by atoms with Crippen LogP contribution >= 0.6 is 0 Å². The highest BCUT2D eigenvalue weighted by Gasteiger charge is 2.28. The molecule has 0 saturated carbocycles. The number of anilines is 1. The lowest BCUT2D eigenvalue weighted by molar-refractivity contribution is -0.135. The first-order chi connectivity index (χ1) is 14.5. The van der Waals surface area contributed by atoms with Gasteiger partial charge in [0.15, 0.2) is 0 Å². The van der Waals surface area contributed by atoms with E-state index in [4.69, 9.17) is 0 Å². The van der Waals surface area contributed by atoms with Gasteiger partial charge < -0.3 is 10.2 Å². The zero-order valence-corrected chi connectivity index (χ0v) is 16.7. The third-order valence-corrected chi connectivity index (χ3v) is 5.43. The Bertz CT molecular complexity index is 1150. The van der Waals surface area contributed by atoms with E-state index >= 15 is 0 Å². The van der Waals surface area contributed by atoms with Gasteiger partial charge in [0.2, 0.25) is 11.8 Å². The molecule has 2 amide bonds. The molecule has 0 bridgehead atoms. The number of aryl methyl sites for hydroxylation is 1. The third kappa shape index (κ3) is 4.22. The molecule has 154 valence electrons. The fourth-order valence-corrected chi connectivity index (χ4v) is 3.74. The lowest BCUT2D eigenvalue weighted by Crippen LogP contribution is -2.43. The number of carbonyl (C=O) groups is 2. The Hall–Kier alpha value is -3.55. The molecule has 0 atom stereocenters. The smallest absolute Gasteiger partial charge is 0.269 e. The summed E-state index contributed by atoms with van der Waals surface area (Å²) in [5, 5.41) is 2.86. The summed E-state index contributed by atoms with van der Waals surface area (Å²) in [6.45, 7) is 2.87. The van der Waals surface area contributed by atoms with Crippen LogP contribution in [-0.2, 0) is 16.1 Å². The van der Waals surface area contributed by atoms with Gasteiger partial charge in [-0.15, -0.1) is 0 Å². The molecule has 0 aliphatic carbocycles. The lowest BCUT2D eigenvalue weighted by Gasteiger charge is -2.31. The highest BCUT2D eigenvalue weighted by atomic mass is 16.2. The Kier molecular flexibility index (Phi) is 5.56. The number of nitrogens with one attached hydrogen (secondary N) is 1. The van der Waals surface area contributed by atoms with Crippen molar-refractivity contribution in [3.63, 3.8) is 0 Å². The Balaban J connectivity index is 1.38. The second-order valence-corrected chi connectivity index (χ2v) is 7.53. The van der Waals surface area contributed by atoms with E-state index in [0.29, 0.717) is 42.8 Å². The molecule has 1 N–H and O–H groups in total. The van der Waals surface area contributed by atoms with Gasteiger partial charge in [-0.05, 0) is 49.6 Å². The number of hydrogen-bond donors (Lipinski definition) is 1. The summed E-state index contributed by atoms with van der Waals surface area (Å²) < 4.78 is 1.45. The molecule has 0 unspecified atom stereocenters. The van der Waals surface area contributed by atoms with Crippen molar-refractivity contribution < 1.29 is 9.59 Å². The molecule has 1 aliphatic rings. The molecule has 1 aliphatic heterocycles. The monoisotopic (exact) mass is 405 g/mol. The van der Waals surface area contributed by atoms with Gasteiger partial charge >= 0.3 is 0 Å². The zero-order valence-electron chi connectivity index (χ0n) is 16.7. The summed E-state index contributed by atoms with van der Waals surface area (Å²) in [4.78, 5) is 47.6. The third-order valence-electron chi connectivity index (χ3n) is 5.43. The van der Waals surface area contributed by atoms with Crippen molar-refractivity contribution in [3.05, 3.63) is 64.7 Å². The van der Waals surface area contributed by atoms with Gasteiger partial charge in [0, 0.05) is 25.2 Å². The summed E-state index contributed by atoms with van der Waals surface area (Å²) in [7, 11) is 0. The molecule has 2 aromatic heterocycles. The van der Waals surface area contributed by atoms with Gasteiger partial charge in [0.05, 0.1) is 17.2 Å². The first-order valence-electron chi connectivity index (χ1n) is 9.97. The van der Waals surface area contributed by atoms with Crippen LogP contribution in [0, 0.1) is 12.8 Å². The maximum Gasteiger partial charge on any atom is 0.269 e. The molecule has 1 aromatic carbocycles. The van der Waals surface area contributed by atoms with E-state index in [1.54, 1.807) is 17.2 Å². The Labute approximate surface area is 173 Å². The van der Waals surface area contributed by atoms with Crippen molar-refractivity contribution in [2.24, 2.45) is 5.92 Å². The molecule has 4 rings (SSSR count). The number of benzene rings is 1. The normalized spacial score (nSPS) is 14.6. The molecular weight excluding hydrogens is 382 g/mol. The summed E-state index contributed by atoms with van der Waals surface area (Å²) in [6.07, 6.45) is 4.06. The second kappa shape index (κ2) is 8.44. The van der Waals surface area contributed by atoms with Crippen molar-refractivity contribution in [1.82, 2.24) is 19.4 Å². The minimum Gasteiger partial charge on any atom is -0.341 e. The molecule has 30 heavy (non-hydrogen) atoms. The fourth-order valence-electron chi connectivity index (χ4n) is 3.74. The molecule has 1 fully saturated rings. The maximum atomic E-state index is 12.8. The Morgan fingerprint density at radius 1 is 1.13 bits per heavy atom. The average Bonchev–Trinajstić information content (AvgIpc) is 2.76. The van der Waals surface area contributed by atoms with Crippen LogP contribution in [0.5, 0.6) is 0 Å². The molecule has 3 heterocycles. The number of likely N-dealkylation sites (tertiary alicyclic amines) is 1. The van der Waals surface area contributed by atoms with Crippen LogP contribution in [0.2, 0.25) is 0 Å². The van der Waals surface area contributed by atoms with Crippen molar-refractivity contribution in [1.29, 1.82) is 0 Å². The van der Waals surface area contributed by atoms with Crippen LogP contribution in [0.4, 0.5) is 5.82 Å². The number of nitrogens with zero attached hydrogens (tertiary/aromatic N) is 4. The number of carbonyl (C=O) groups excluding carboxylic acids is 2. The van der Waals surface area contributed by atoms with Gasteiger partial charge in [-0.2, -0.15) is 0 Å². The highest BCUT2D eigenvalue weighted by molar-refractivity contribution is 5.92. The van der Waals surface area contributed by atoms with E-state index in [0.717, 1.165) is 5.56 Å². The van der Waals surface area contributed by atoms with E-state index in [-0.39, 0.29) is 29.8 Å². The van der Waals surface area contributed by atoms with E-state index in [1.807, 2.05) is 37.3 Å². The SMILES string of the molecule is Cc1ccnc(NC(=O)C2CCN(C(=O)Cn3c(=O)cnc4ccccc43)CC2)c1. The Morgan fingerprint density at radius 2 is 1.90 bits per heavy atom. The van der Waals surface area contributed by atoms with Crippen molar-refractivity contribution in [2.75, 3.05) is 18.4 Å². The van der Waals surface area contributed by atoms with E-state index < -0.39 is 0 Å². The summed E-state index contributed by atoms with van der Waals surface area (Å²) >= 11 is 0. The summed E-state index contributed by atoms with van der Waals surface area (Å²) in [5.41, 5.74) is 2.03. The van der Waals surface area contributed by atoms with Crippen molar-refractivity contribution >= 4 is 28.7 Å². The number of amides is 2. The topological polar surface area (TPSA) is 97.2 Å². The predicted molar refractivity (Wildman–Crippen MR) is 113 cm³/mol. The Morgan fingerprint density at radius 3 is 2.67 bits per heavy atom. The molecular formula is C22H23N5O3. The predicted octanol–water partition coefficient (Wildman–Crippen LogP) is 1.98. The maximum absolute atomic E-state index is 12.8. The number of hydrogen-bond acceptors (Lipinski definition) is 5.